The number of carbonyl (C=O) groups is 1. The van der Waals surface area contributed by atoms with Crippen molar-refractivity contribution >= 4 is 27.6 Å². The number of carbonyl (C=O) groups excluding carboxylic acids is 1. The lowest BCUT2D eigenvalue weighted by Crippen LogP contribution is -2.43. The summed E-state index contributed by atoms with van der Waals surface area (Å²) in [7, 11) is 1.81. The fraction of sp³-hybridized carbons (Fsp3) is 0.367. The Bertz CT molecular complexity index is 1560. The zero-order valence-corrected chi connectivity index (χ0v) is 22.7. The molecule has 0 aliphatic heterocycles. The van der Waals surface area contributed by atoms with Crippen molar-refractivity contribution in [1.82, 2.24) is 14.9 Å². The molecule has 1 aliphatic carbocycles. The maximum Gasteiger partial charge on any atom is 0.410 e. The number of benzene rings is 2. The smallest absolute Gasteiger partial charge is 0.410 e. The molecule has 4 aromatic rings. The molecular formula is C30H35N3O6. The topological polar surface area (TPSA) is 125 Å². The number of nitrogens with one attached hydrogen (secondary N) is 2. The predicted octanol–water partition coefficient (Wildman–Crippen LogP) is 5.32. The second-order valence-corrected chi connectivity index (χ2v) is 10.8. The standard InChI is InChI=1S/C21H28N2O4.C9H7NO2/c1-21(2,3)27-20(25)23(4)15-5-7-16(8-6-15)26-17-9-10-18-14(13-17)11-12-22-19(18)24;11-7-1-2-8-6(5-7)3-4-10-9(8)12/h9-13,15-16H,5-8H2,1-4H3,(H,22,24);1-5,11H,(H,10,12). The number of phenolic OH excluding ortho intramolecular Hbond substituents is 1. The molecule has 1 saturated carbocycles. The summed E-state index contributed by atoms with van der Waals surface area (Å²) in [5.74, 6) is 0.949. The lowest BCUT2D eigenvalue weighted by atomic mass is 9.92. The van der Waals surface area contributed by atoms with Gasteiger partial charge in [-0.3, -0.25) is 9.59 Å². The van der Waals surface area contributed by atoms with E-state index >= 15 is 0 Å². The monoisotopic (exact) mass is 533 g/mol. The average Bonchev–Trinajstić information content (AvgIpc) is 2.88. The van der Waals surface area contributed by atoms with E-state index in [4.69, 9.17) is 14.6 Å². The van der Waals surface area contributed by atoms with E-state index in [1.807, 2.05) is 39.0 Å². The van der Waals surface area contributed by atoms with Gasteiger partial charge in [0.2, 0.25) is 0 Å². The molecule has 1 amide bonds. The van der Waals surface area contributed by atoms with Crippen LogP contribution in [-0.4, -0.2) is 50.9 Å². The van der Waals surface area contributed by atoms with Gasteiger partial charge in [-0.25, -0.2) is 4.79 Å². The van der Waals surface area contributed by atoms with E-state index in [0.29, 0.717) is 10.8 Å². The predicted molar refractivity (Wildman–Crippen MR) is 151 cm³/mol. The lowest BCUT2D eigenvalue weighted by Gasteiger charge is -2.35. The van der Waals surface area contributed by atoms with Gasteiger partial charge < -0.3 is 29.4 Å². The number of hydrogen-bond acceptors (Lipinski definition) is 6. The van der Waals surface area contributed by atoms with Crippen molar-refractivity contribution in [2.45, 2.75) is 64.2 Å². The Balaban J connectivity index is 0.000000243. The summed E-state index contributed by atoms with van der Waals surface area (Å²) < 4.78 is 11.6. The molecule has 2 aromatic carbocycles. The number of rotatable bonds is 3. The normalized spacial score (nSPS) is 17.2. The van der Waals surface area contributed by atoms with E-state index in [9.17, 15) is 14.4 Å². The summed E-state index contributed by atoms with van der Waals surface area (Å²) in [6.45, 7) is 5.63. The number of aromatic hydroxyl groups is 1. The summed E-state index contributed by atoms with van der Waals surface area (Å²) in [5, 5.41) is 12.0. The maximum absolute atomic E-state index is 12.2. The minimum absolute atomic E-state index is 0.0928. The Morgan fingerprint density at radius 1 is 0.872 bits per heavy atom. The number of ether oxygens (including phenoxy) is 2. The van der Waals surface area contributed by atoms with Crippen LogP contribution in [0.25, 0.3) is 21.5 Å². The van der Waals surface area contributed by atoms with Crippen LogP contribution in [0.1, 0.15) is 46.5 Å². The maximum atomic E-state index is 12.2. The van der Waals surface area contributed by atoms with Crippen molar-refractivity contribution in [1.29, 1.82) is 0 Å². The van der Waals surface area contributed by atoms with Crippen molar-refractivity contribution in [2.75, 3.05) is 7.05 Å². The van der Waals surface area contributed by atoms with Gasteiger partial charge in [-0.2, -0.15) is 0 Å². The summed E-state index contributed by atoms with van der Waals surface area (Å²) >= 11 is 0. The largest absolute Gasteiger partial charge is 0.508 e. The molecule has 1 fully saturated rings. The van der Waals surface area contributed by atoms with Crippen LogP contribution in [0.3, 0.4) is 0 Å². The van der Waals surface area contributed by atoms with E-state index in [1.54, 1.807) is 48.6 Å². The van der Waals surface area contributed by atoms with E-state index in [2.05, 4.69) is 9.97 Å². The van der Waals surface area contributed by atoms with Gasteiger partial charge in [-0.15, -0.1) is 0 Å². The molecule has 0 spiro atoms. The third-order valence-electron chi connectivity index (χ3n) is 6.68. The first kappa shape index (κ1) is 27.8. The van der Waals surface area contributed by atoms with Crippen LogP contribution < -0.4 is 15.9 Å². The molecule has 206 valence electrons. The van der Waals surface area contributed by atoms with Crippen LogP contribution in [0.4, 0.5) is 4.79 Å². The van der Waals surface area contributed by atoms with Gasteiger partial charge in [0.1, 0.15) is 17.1 Å². The Morgan fingerprint density at radius 2 is 1.44 bits per heavy atom. The molecule has 2 aromatic heterocycles. The first-order chi connectivity index (χ1) is 18.5. The number of pyridine rings is 2. The van der Waals surface area contributed by atoms with E-state index < -0.39 is 5.60 Å². The number of aromatic amines is 2. The molecular weight excluding hydrogens is 498 g/mol. The Morgan fingerprint density at radius 3 is 2.03 bits per heavy atom. The van der Waals surface area contributed by atoms with Gasteiger partial charge in [-0.05, 0) is 106 Å². The van der Waals surface area contributed by atoms with Gasteiger partial charge in [0.15, 0.2) is 0 Å². The number of nitrogens with zero attached hydrogens (tertiary/aromatic N) is 1. The molecule has 0 radical (unpaired) electrons. The number of amides is 1. The second-order valence-electron chi connectivity index (χ2n) is 10.8. The third kappa shape index (κ3) is 7.19. The summed E-state index contributed by atoms with van der Waals surface area (Å²) in [5.41, 5.74) is -0.707. The van der Waals surface area contributed by atoms with Crippen molar-refractivity contribution in [3.8, 4) is 11.5 Å². The van der Waals surface area contributed by atoms with Crippen molar-refractivity contribution in [2.24, 2.45) is 0 Å². The number of aromatic nitrogens is 2. The number of hydrogen-bond donors (Lipinski definition) is 3. The highest BCUT2D eigenvalue weighted by atomic mass is 16.6. The van der Waals surface area contributed by atoms with Gasteiger partial charge in [0.05, 0.1) is 6.10 Å². The zero-order valence-electron chi connectivity index (χ0n) is 22.7. The highest BCUT2D eigenvalue weighted by Crippen LogP contribution is 2.28. The molecule has 0 unspecified atom stereocenters. The van der Waals surface area contributed by atoms with Crippen LogP contribution >= 0.6 is 0 Å². The third-order valence-corrected chi connectivity index (χ3v) is 6.68. The quantitative estimate of drug-likeness (QED) is 0.327. The lowest BCUT2D eigenvalue weighted by molar-refractivity contribution is 0.0139. The van der Waals surface area contributed by atoms with Crippen LogP contribution in [0, 0.1) is 0 Å². The Labute approximate surface area is 226 Å². The van der Waals surface area contributed by atoms with Crippen molar-refractivity contribution < 1.29 is 19.4 Å². The first-order valence-electron chi connectivity index (χ1n) is 13.0. The highest BCUT2D eigenvalue weighted by molar-refractivity contribution is 5.83. The first-order valence-corrected chi connectivity index (χ1v) is 13.0. The summed E-state index contributed by atoms with van der Waals surface area (Å²) in [6.07, 6.45) is 6.58. The van der Waals surface area contributed by atoms with Crippen LogP contribution in [0.5, 0.6) is 11.5 Å². The zero-order chi connectivity index (χ0) is 28.2. The molecule has 3 N–H and O–H groups in total. The molecule has 9 heteroatoms. The molecule has 0 saturated heterocycles. The van der Waals surface area contributed by atoms with Crippen LogP contribution in [-0.2, 0) is 4.74 Å². The summed E-state index contributed by atoms with van der Waals surface area (Å²) in [4.78, 5) is 42.1. The SMILES string of the molecule is CN(C(=O)OC(C)(C)C)C1CCC(Oc2ccc3c(=O)[nH]ccc3c2)CC1.O=c1[nH]ccc2cc(O)ccc12. The van der Waals surface area contributed by atoms with E-state index in [1.165, 1.54) is 6.07 Å². The average molecular weight is 534 g/mol. The number of phenols is 1. The van der Waals surface area contributed by atoms with Gasteiger partial charge >= 0.3 is 6.09 Å². The van der Waals surface area contributed by atoms with Gasteiger partial charge in [0.25, 0.3) is 11.1 Å². The number of fused-ring (bicyclic) bond motifs is 2. The second kappa shape index (κ2) is 11.6. The Kier molecular flexibility index (Phi) is 8.28. The van der Waals surface area contributed by atoms with Gasteiger partial charge in [-0.1, -0.05) is 0 Å². The minimum Gasteiger partial charge on any atom is -0.508 e. The van der Waals surface area contributed by atoms with Crippen molar-refractivity contribution in [3.63, 3.8) is 0 Å². The fourth-order valence-electron chi connectivity index (χ4n) is 4.65. The Hall–Kier alpha value is -4.27. The molecule has 1 aliphatic rings. The van der Waals surface area contributed by atoms with Gasteiger partial charge in [0, 0.05) is 36.3 Å². The van der Waals surface area contributed by atoms with E-state index in [-0.39, 0.29) is 35.1 Å². The molecule has 2 heterocycles. The minimum atomic E-state index is -0.483. The van der Waals surface area contributed by atoms with Crippen LogP contribution in [0.15, 0.2) is 70.5 Å². The molecule has 0 bridgehead atoms. The number of H-pyrrole nitrogens is 2. The molecule has 39 heavy (non-hydrogen) atoms. The fourth-order valence-corrected chi connectivity index (χ4v) is 4.65. The highest BCUT2D eigenvalue weighted by Gasteiger charge is 2.30. The van der Waals surface area contributed by atoms with E-state index in [0.717, 1.165) is 42.2 Å². The molecule has 9 nitrogen and oxygen atoms in total. The molecule has 5 rings (SSSR count). The summed E-state index contributed by atoms with van der Waals surface area (Å²) in [6, 6.07) is 14.0. The molecule has 0 atom stereocenters. The van der Waals surface area contributed by atoms with Crippen LogP contribution in [0.2, 0.25) is 0 Å². The van der Waals surface area contributed by atoms with Crippen molar-refractivity contribution in [3.05, 3.63) is 81.6 Å².